The monoisotopic (exact) mass is 276 g/mol. The summed E-state index contributed by atoms with van der Waals surface area (Å²) >= 11 is 1.74. The van der Waals surface area contributed by atoms with Crippen LogP contribution in [0.1, 0.15) is 37.6 Å². The summed E-state index contributed by atoms with van der Waals surface area (Å²) < 4.78 is 1.31. The molecule has 102 valence electrons. The molecule has 3 N–H and O–H groups in total. The normalized spacial score (nSPS) is 19.6. The molecule has 0 amide bonds. The summed E-state index contributed by atoms with van der Waals surface area (Å²) in [5.74, 6) is 6.46. The zero-order valence-electron chi connectivity index (χ0n) is 11.7. The lowest BCUT2D eigenvalue weighted by atomic mass is 9.72. The van der Waals surface area contributed by atoms with Gasteiger partial charge in [0.15, 0.2) is 5.49 Å². The number of thiophene rings is 1. The van der Waals surface area contributed by atoms with Gasteiger partial charge in [-0.15, -0.1) is 11.3 Å². The summed E-state index contributed by atoms with van der Waals surface area (Å²) in [6, 6.07) is 0. The first-order valence-electron chi connectivity index (χ1n) is 6.69. The molecule has 0 spiro atoms. The van der Waals surface area contributed by atoms with Gasteiger partial charge in [0, 0.05) is 4.88 Å². The van der Waals surface area contributed by atoms with Crippen molar-refractivity contribution in [1.82, 2.24) is 9.66 Å². The molecule has 5 heteroatoms. The number of hydrogen-bond donors (Lipinski definition) is 2. The second-order valence-electron chi connectivity index (χ2n) is 6.49. The van der Waals surface area contributed by atoms with Crippen LogP contribution in [0.3, 0.4) is 0 Å². The number of nitrogens with one attached hydrogen (secondary N) is 1. The van der Waals surface area contributed by atoms with Gasteiger partial charge >= 0.3 is 0 Å². The Hall–Kier alpha value is -1.36. The predicted molar refractivity (Wildman–Crippen MR) is 78.6 cm³/mol. The van der Waals surface area contributed by atoms with Gasteiger partial charge in [-0.05, 0) is 36.2 Å². The Balaban J connectivity index is 2.14. The second-order valence-corrected chi connectivity index (χ2v) is 7.57. The second kappa shape index (κ2) is 4.07. The number of rotatable bonds is 0. The minimum Gasteiger partial charge on any atom is -0.336 e. The quantitative estimate of drug-likeness (QED) is 0.726. The van der Waals surface area contributed by atoms with Crippen LogP contribution in [0, 0.1) is 16.7 Å². The molecule has 2 aromatic rings. The molecule has 3 rings (SSSR count). The van der Waals surface area contributed by atoms with E-state index in [1.165, 1.54) is 27.9 Å². The molecule has 1 atom stereocenters. The fourth-order valence-corrected chi connectivity index (χ4v) is 4.21. The van der Waals surface area contributed by atoms with Crippen molar-refractivity contribution in [2.24, 2.45) is 11.3 Å². The number of fused-ring (bicyclic) bond motifs is 3. The number of hydrogen-bond acceptors (Lipinski definition) is 4. The van der Waals surface area contributed by atoms with Crippen LogP contribution >= 0.6 is 11.3 Å². The van der Waals surface area contributed by atoms with Crippen molar-refractivity contribution in [2.75, 3.05) is 5.84 Å². The van der Waals surface area contributed by atoms with E-state index in [9.17, 15) is 0 Å². The Morgan fingerprint density at radius 1 is 1.47 bits per heavy atom. The Morgan fingerprint density at radius 2 is 2.21 bits per heavy atom. The van der Waals surface area contributed by atoms with E-state index in [1.54, 1.807) is 11.3 Å². The summed E-state index contributed by atoms with van der Waals surface area (Å²) in [5.41, 5.74) is 2.05. The lowest BCUT2D eigenvalue weighted by molar-refractivity contribution is 0.218. The van der Waals surface area contributed by atoms with Gasteiger partial charge in [-0.2, -0.15) is 0 Å². The van der Waals surface area contributed by atoms with Crippen molar-refractivity contribution < 1.29 is 0 Å². The zero-order chi connectivity index (χ0) is 13.8. The molecule has 0 aromatic carbocycles. The minimum absolute atomic E-state index is 0.346. The van der Waals surface area contributed by atoms with Crippen LogP contribution in [0.15, 0.2) is 6.33 Å². The molecule has 0 bridgehead atoms. The van der Waals surface area contributed by atoms with Crippen molar-refractivity contribution >= 4 is 21.6 Å². The van der Waals surface area contributed by atoms with Gasteiger partial charge in [0.25, 0.3) is 0 Å². The highest BCUT2D eigenvalue weighted by Crippen LogP contribution is 2.41. The van der Waals surface area contributed by atoms with Crippen LogP contribution < -0.4 is 11.3 Å². The average molecular weight is 276 g/mol. The zero-order valence-corrected chi connectivity index (χ0v) is 12.5. The maximum absolute atomic E-state index is 8.12. The van der Waals surface area contributed by atoms with Gasteiger partial charge < -0.3 is 5.84 Å². The molecule has 0 radical (unpaired) electrons. The first-order chi connectivity index (χ1) is 8.88. The molecule has 2 aromatic heterocycles. The lowest BCUT2D eigenvalue weighted by Gasteiger charge is -2.33. The third-order valence-corrected chi connectivity index (χ3v) is 5.43. The van der Waals surface area contributed by atoms with Crippen LogP contribution in [0.2, 0.25) is 0 Å². The molecule has 1 aliphatic rings. The highest BCUT2D eigenvalue weighted by Gasteiger charge is 2.31. The standard InChI is InChI=1S/C14H20N4S/c1-14(2,3)8-4-5-9-10(6-8)19-13-11(9)12(15)18(16)7-17-13/h7-8,15H,4-6,16H2,1-3H3/t8-/m0/s1. The molecular weight excluding hydrogens is 256 g/mol. The maximum atomic E-state index is 8.12. The minimum atomic E-state index is 0.346. The molecule has 2 heterocycles. The SMILES string of the molecule is CC(C)(C)[C@H]1CCc2c(sc3ncn(N)c(=N)c23)C1. The Morgan fingerprint density at radius 3 is 2.89 bits per heavy atom. The summed E-state index contributed by atoms with van der Waals surface area (Å²) in [6.45, 7) is 6.95. The van der Waals surface area contributed by atoms with Crippen molar-refractivity contribution in [3.8, 4) is 0 Å². The molecule has 0 saturated heterocycles. The lowest BCUT2D eigenvalue weighted by Crippen LogP contribution is -2.29. The van der Waals surface area contributed by atoms with Gasteiger partial charge in [-0.25, -0.2) is 9.66 Å². The van der Waals surface area contributed by atoms with E-state index in [1.807, 2.05) is 0 Å². The third-order valence-electron chi connectivity index (χ3n) is 4.27. The molecule has 0 fully saturated rings. The van der Waals surface area contributed by atoms with Gasteiger partial charge in [0.2, 0.25) is 0 Å². The first-order valence-corrected chi connectivity index (χ1v) is 7.51. The molecule has 0 aliphatic heterocycles. The smallest absolute Gasteiger partial charge is 0.155 e. The molecule has 0 saturated carbocycles. The molecule has 1 aliphatic carbocycles. The average Bonchev–Trinajstić information content (AvgIpc) is 2.70. The summed E-state index contributed by atoms with van der Waals surface area (Å²) in [6.07, 6.45) is 4.90. The van der Waals surface area contributed by atoms with E-state index in [0.717, 1.165) is 23.1 Å². The largest absolute Gasteiger partial charge is 0.336 e. The highest BCUT2D eigenvalue weighted by molar-refractivity contribution is 7.18. The van der Waals surface area contributed by atoms with Crippen molar-refractivity contribution in [3.05, 3.63) is 22.3 Å². The topological polar surface area (TPSA) is 67.7 Å². The fourth-order valence-electron chi connectivity index (χ4n) is 2.95. The van der Waals surface area contributed by atoms with E-state index >= 15 is 0 Å². The van der Waals surface area contributed by atoms with E-state index in [2.05, 4.69) is 25.8 Å². The van der Waals surface area contributed by atoms with E-state index in [-0.39, 0.29) is 0 Å². The van der Waals surface area contributed by atoms with E-state index in [4.69, 9.17) is 11.3 Å². The Labute approximate surface area is 116 Å². The number of nitrogens with zero attached hydrogens (tertiary/aromatic N) is 2. The van der Waals surface area contributed by atoms with Crippen molar-refractivity contribution in [1.29, 1.82) is 5.41 Å². The Kier molecular flexibility index (Phi) is 2.71. The van der Waals surface area contributed by atoms with Crippen LogP contribution in [-0.2, 0) is 12.8 Å². The van der Waals surface area contributed by atoms with Crippen LogP contribution in [0.5, 0.6) is 0 Å². The number of nitrogens with two attached hydrogens (primary N) is 1. The van der Waals surface area contributed by atoms with Gasteiger partial charge in [0.05, 0.1) is 5.39 Å². The van der Waals surface area contributed by atoms with Crippen molar-refractivity contribution in [2.45, 2.75) is 40.0 Å². The van der Waals surface area contributed by atoms with Gasteiger partial charge in [-0.1, -0.05) is 20.8 Å². The van der Waals surface area contributed by atoms with E-state index < -0.39 is 0 Å². The summed E-state index contributed by atoms with van der Waals surface area (Å²) in [4.78, 5) is 6.74. The molecular formula is C14H20N4S. The highest BCUT2D eigenvalue weighted by atomic mass is 32.1. The van der Waals surface area contributed by atoms with Crippen LogP contribution in [0.4, 0.5) is 0 Å². The maximum Gasteiger partial charge on any atom is 0.155 e. The summed E-state index contributed by atoms with van der Waals surface area (Å²) in [5, 5.41) is 9.09. The number of aryl methyl sites for hydroxylation is 1. The molecule has 0 unspecified atom stereocenters. The van der Waals surface area contributed by atoms with Crippen LogP contribution in [0.25, 0.3) is 10.2 Å². The van der Waals surface area contributed by atoms with Crippen molar-refractivity contribution in [3.63, 3.8) is 0 Å². The van der Waals surface area contributed by atoms with Gasteiger partial charge in [0.1, 0.15) is 11.2 Å². The molecule has 4 nitrogen and oxygen atoms in total. The van der Waals surface area contributed by atoms with Crippen LogP contribution in [-0.4, -0.2) is 9.66 Å². The first kappa shape index (κ1) is 12.7. The number of aromatic nitrogens is 2. The van der Waals surface area contributed by atoms with E-state index in [0.29, 0.717) is 16.8 Å². The third kappa shape index (κ3) is 1.96. The Bertz CT molecular complexity index is 690. The summed E-state index contributed by atoms with van der Waals surface area (Å²) in [7, 11) is 0. The molecule has 19 heavy (non-hydrogen) atoms. The fraction of sp³-hybridized carbons (Fsp3) is 0.571. The predicted octanol–water partition coefficient (Wildman–Crippen LogP) is 2.44. The van der Waals surface area contributed by atoms with Gasteiger partial charge in [-0.3, -0.25) is 5.41 Å². The number of nitrogen functional groups attached to an aromatic ring is 1.